The molecule has 1 heterocycles. The van der Waals surface area contributed by atoms with Crippen molar-refractivity contribution in [3.63, 3.8) is 0 Å². The van der Waals surface area contributed by atoms with Crippen LogP contribution in [0.3, 0.4) is 0 Å². The highest BCUT2D eigenvalue weighted by atomic mass is 32.2. The molecule has 30 heavy (non-hydrogen) atoms. The summed E-state index contributed by atoms with van der Waals surface area (Å²) in [4.78, 5) is 15.0. The number of aryl methyl sites for hydroxylation is 3. The minimum atomic E-state index is -3.11. The Morgan fingerprint density at radius 2 is 1.77 bits per heavy atom. The zero-order valence-electron chi connectivity index (χ0n) is 18.2. The second kappa shape index (κ2) is 9.21. The molecule has 1 aliphatic rings. The van der Waals surface area contributed by atoms with Gasteiger partial charge in [-0.05, 0) is 68.0 Å². The minimum absolute atomic E-state index is 0.0160. The van der Waals surface area contributed by atoms with Crippen LogP contribution in [0.4, 0.5) is 0 Å². The molecule has 0 aliphatic carbocycles. The number of sulfone groups is 1. The normalized spacial score (nSPS) is 18.7. The van der Waals surface area contributed by atoms with E-state index in [-0.39, 0.29) is 23.5 Å². The molecule has 0 aromatic heterocycles. The van der Waals surface area contributed by atoms with Gasteiger partial charge in [-0.15, -0.1) is 0 Å². The lowest BCUT2D eigenvalue weighted by Gasteiger charge is -2.31. The zero-order valence-corrected chi connectivity index (χ0v) is 19.0. The number of rotatable bonds is 7. The number of hydrogen-bond acceptors (Lipinski definition) is 4. The Hall–Kier alpha value is -2.34. The van der Waals surface area contributed by atoms with Gasteiger partial charge in [0.05, 0.1) is 11.5 Å². The molecule has 1 fully saturated rings. The Balaban J connectivity index is 1.80. The van der Waals surface area contributed by atoms with Gasteiger partial charge in [-0.3, -0.25) is 4.79 Å². The fourth-order valence-corrected chi connectivity index (χ4v) is 5.49. The van der Waals surface area contributed by atoms with Gasteiger partial charge in [0.1, 0.15) is 5.75 Å². The molecular weight excluding hydrogens is 398 g/mol. The Morgan fingerprint density at radius 1 is 1.10 bits per heavy atom. The highest BCUT2D eigenvalue weighted by molar-refractivity contribution is 7.91. The topological polar surface area (TPSA) is 63.7 Å². The third-order valence-electron chi connectivity index (χ3n) is 5.86. The highest BCUT2D eigenvalue weighted by Crippen LogP contribution is 2.23. The van der Waals surface area contributed by atoms with Crippen LogP contribution < -0.4 is 4.74 Å². The molecule has 162 valence electrons. The standard InChI is InChI=1S/C24H31NO4S/c1-5-20-7-9-21(10-8-20)15-25(22-12-13-30(27,28)16-22)24(26)19(4)29-23-11-6-17(2)18(3)14-23/h6-11,14,19,22H,5,12-13,15-16H2,1-4H3. The highest BCUT2D eigenvalue weighted by Gasteiger charge is 2.36. The smallest absolute Gasteiger partial charge is 0.263 e. The third kappa shape index (κ3) is 5.42. The van der Waals surface area contributed by atoms with Crippen LogP contribution >= 0.6 is 0 Å². The second-order valence-corrected chi connectivity index (χ2v) is 10.4. The summed E-state index contributed by atoms with van der Waals surface area (Å²) in [6.45, 7) is 8.24. The van der Waals surface area contributed by atoms with Gasteiger partial charge in [0, 0.05) is 12.6 Å². The maximum Gasteiger partial charge on any atom is 0.263 e. The first-order valence-electron chi connectivity index (χ1n) is 10.5. The Bertz CT molecular complexity index is 998. The maximum absolute atomic E-state index is 13.3. The van der Waals surface area contributed by atoms with Crippen molar-refractivity contribution in [1.29, 1.82) is 0 Å². The number of nitrogens with zero attached hydrogens (tertiary/aromatic N) is 1. The van der Waals surface area contributed by atoms with Crippen LogP contribution in [-0.2, 0) is 27.6 Å². The summed E-state index contributed by atoms with van der Waals surface area (Å²) in [5, 5.41) is 0. The molecule has 2 aromatic rings. The van der Waals surface area contributed by atoms with Gasteiger partial charge in [0.15, 0.2) is 15.9 Å². The van der Waals surface area contributed by atoms with Crippen molar-refractivity contribution in [2.24, 2.45) is 0 Å². The number of hydrogen-bond donors (Lipinski definition) is 0. The minimum Gasteiger partial charge on any atom is -0.481 e. The molecule has 0 spiro atoms. The average Bonchev–Trinajstić information content (AvgIpc) is 3.08. The quantitative estimate of drug-likeness (QED) is 0.671. The first-order chi connectivity index (χ1) is 14.2. The lowest BCUT2D eigenvalue weighted by molar-refractivity contribution is -0.140. The fraction of sp³-hybridized carbons (Fsp3) is 0.458. The zero-order chi connectivity index (χ0) is 21.9. The molecule has 0 bridgehead atoms. The van der Waals surface area contributed by atoms with E-state index in [1.54, 1.807) is 11.8 Å². The molecule has 3 rings (SSSR count). The van der Waals surface area contributed by atoms with E-state index in [2.05, 4.69) is 19.1 Å². The predicted octanol–water partition coefficient (Wildman–Crippen LogP) is 3.85. The Kier molecular flexibility index (Phi) is 6.86. The lowest BCUT2D eigenvalue weighted by Crippen LogP contribution is -2.46. The van der Waals surface area contributed by atoms with E-state index in [1.165, 1.54) is 5.56 Å². The molecule has 0 radical (unpaired) electrons. The van der Waals surface area contributed by atoms with Crippen LogP contribution in [0.1, 0.15) is 42.5 Å². The summed E-state index contributed by atoms with van der Waals surface area (Å²) in [7, 11) is -3.11. The molecule has 2 aromatic carbocycles. The van der Waals surface area contributed by atoms with Crippen molar-refractivity contribution in [1.82, 2.24) is 4.90 Å². The van der Waals surface area contributed by atoms with E-state index < -0.39 is 15.9 Å². The van der Waals surface area contributed by atoms with E-state index in [9.17, 15) is 13.2 Å². The number of carbonyl (C=O) groups is 1. The first kappa shape index (κ1) is 22.3. The van der Waals surface area contributed by atoms with Gasteiger partial charge in [-0.2, -0.15) is 0 Å². The van der Waals surface area contributed by atoms with Crippen molar-refractivity contribution in [2.45, 2.75) is 59.2 Å². The molecule has 1 saturated heterocycles. The van der Waals surface area contributed by atoms with Gasteiger partial charge in [0.25, 0.3) is 5.91 Å². The van der Waals surface area contributed by atoms with Gasteiger partial charge in [-0.25, -0.2) is 8.42 Å². The monoisotopic (exact) mass is 429 g/mol. The molecule has 2 unspecified atom stereocenters. The summed E-state index contributed by atoms with van der Waals surface area (Å²) < 4.78 is 30.1. The molecule has 1 amide bonds. The van der Waals surface area contributed by atoms with E-state index in [4.69, 9.17) is 4.74 Å². The second-order valence-electron chi connectivity index (χ2n) is 8.20. The summed E-state index contributed by atoms with van der Waals surface area (Å²) in [6.07, 6.45) is 0.715. The number of amides is 1. The molecule has 0 N–H and O–H groups in total. The van der Waals surface area contributed by atoms with Crippen molar-refractivity contribution < 1.29 is 17.9 Å². The van der Waals surface area contributed by atoms with E-state index in [0.29, 0.717) is 18.7 Å². The molecular formula is C24H31NO4S. The van der Waals surface area contributed by atoms with E-state index in [1.807, 2.05) is 44.2 Å². The summed E-state index contributed by atoms with van der Waals surface area (Å²) >= 11 is 0. The summed E-state index contributed by atoms with van der Waals surface area (Å²) in [5.41, 5.74) is 4.48. The Morgan fingerprint density at radius 3 is 2.33 bits per heavy atom. The van der Waals surface area contributed by atoms with Gasteiger partial charge < -0.3 is 9.64 Å². The van der Waals surface area contributed by atoms with E-state index in [0.717, 1.165) is 23.1 Å². The molecule has 2 atom stereocenters. The first-order valence-corrected chi connectivity index (χ1v) is 12.3. The lowest BCUT2D eigenvalue weighted by atomic mass is 10.1. The number of carbonyl (C=O) groups excluding carboxylic acids is 1. The number of ether oxygens (including phenoxy) is 1. The van der Waals surface area contributed by atoms with Crippen molar-refractivity contribution in [3.05, 3.63) is 64.7 Å². The fourth-order valence-electron chi connectivity index (χ4n) is 3.76. The largest absolute Gasteiger partial charge is 0.481 e. The van der Waals surface area contributed by atoms with Crippen LogP contribution in [-0.4, -0.2) is 42.9 Å². The van der Waals surface area contributed by atoms with Crippen LogP contribution in [0.25, 0.3) is 0 Å². The maximum atomic E-state index is 13.3. The molecule has 1 aliphatic heterocycles. The molecule has 0 saturated carbocycles. The van der Waals surface area contributed by atoms with Crippen LogP contribution in [0.5, 0.6) is 5.75 Å². The van der Waals surface area contributed by atoms with Crippen molar-refractivity contribution in [2.75, 3.05) is 11.5 Å². The Labute approximate surface area is 180 Å². The van der Waals surface area contributed by atoms with Crippen LogP contribution in [0.15, 0.2) is 42.5 Å². The molecule has 5 nitrogen and oxygen atoms in total. The summed E-state index contributed by atoms with van der Waals surface area (Å²) in [6, 6.07) is 13.6. The van der Waals surface area contributed by atoms with Crippen LogP contribution in [0.2, 0.25) is 0 Å². The number of benzene rings is 2. The SMILES string of the molecule is CCc1ccc(CN(C(=O)C(C)Oc2ccc(C)c(C)c2)C2CCS(=O)(=O)C2)cc1. The third-order valence-corrected chi connectivity index (χ3v) is 7.61. The van der Waals surface area contributed by atoms with Gasteiger partial charge in [-0.1, -0.05) is 37.3 Å². The average molecular weight is 430 g/mol. The van der Waals surface area contributed by atoms with Gasteiger partial charge in [0.2, 0.25) is 0 Å². The van der Waals surface area contributed by atoms with E-state index >= 15 is 0 Å². The van der Waals surface area contributed by atoms with Crippen molar-refractivity contribution >= 4 is 15.7 Å². The van der Waals surface area contributed by atoms with Crippen molar-refractivity contribution in [3.8, 4) is 5.75 Å². The predicted molar refractivity (Wildman–Crippen MR) is 119 cm³/mol. The van der Waals surface area contributed by atoms with Crippen LogP contribution in [0, 0.1) is 13.8 Å². The summed E-state index contributed by atoms with van der Waals surface area (Å²) in [5.74, 6) is 0.602. The molecule has 6 heteroatoms. The van der Waals surface area contributed by atoms with Gasteiger partial charge >= 0.3 is 0 Å².